The van der Waals surface area contributed by atoms with Crippen LogP contribution in [0.25, 0.3) is 0 Å². The molecule has 260 valence electrons. The minimum Gasteiger partial charge on any atom is -0.450 e. The Balaban J connectivity index is 2.10. The van der Waals surface area contributed by atoms with Crippen molar-refractivity contribution in [1.82, 2.24) is 4.90 Å². The highest BCUT2D eigenvalue weighted by atomic mass is 16.7. The van der Waals surface area contributed by atoms with Crippen LogP contribution in [-0.4, -0.2) is 61.9 Å². The first-order chi connectivity index (χ1) is 21.4. The van der Waals surface area contributed by atoms with Crippen LogP contribution in [0.3, 0.4) is 0 Å². The predicted octanol–water partition coefficient (Wildman–Crippen LogP) is 11.3. The molecule has 0 radical (unpaired) electrons. The fraction of sp³-hybridized carbons (Fsp3) is 0.921. The number of carbonyl (C=O) groups is 1. The summed E-state index contributed by atoms with van der Waals surface area (Å²) in [6, 6.07) is 0. The summed E-state index contributed by atoms with van der Waals surface area (Å²) in [6.07, 6.45) is 33.3. The molecule has 1 saturated heterocycles. The summed E-state index contributed by atoms with van der Waals surface area (Å²) >= 11 is 0. The lowest BCUT2D eigenvalue weighted by Crippen LogP contribution is -2.21. The second kappa shape index (κ2) is 29.3. The molecule has 0 aromatic carbocycles. The van der Waals surface area contributed by atoms with Gasteiger partial charge in [0.25, 0.3) is 0 Å². The van der Waals surface area contributed by atoms with Crippen LogP contribution in [0.2, 0.25) is 0 Å². The van der Waals surface area contributed by atoms with Crippen molar-refractivity contribution in [3.8, 4) is 0 Å². The van der Waals surface area contributed by atoms with E-state index >= 15 is 0 Å². The number of nitrogens with zero attached hydrogens (tertiary/aromatic N) is 1. The molecule has 1 fully saturated rings. The van der Waals surface area contributed by atoms with E-state index in [2.05, 4.69) is 45.0 Å². The first kappa shape index (κ1) is 40.9. The van der Waals surface area contributed by atoms with Gasteiger partial charge in [0.15, 0.2) is 6.29 Å². The lowest BCUT2D eigenvalue weighted by molar-refractivity contribution is -0.144. The number of allylic oxidation sites excluding steroid dienone is 1. The summed E-state index contributed by atoms with van der Waals surface area (Å²) in [4.78, 5) is 13.5. The van der Waals surface area contributed by atoms with E-state index in [9.17, 15) is 9.90 Å². The van der Waals surface area contributed by atoms with Crippen LogP contribution in [0.4, 0.5) is 4.79 Å². The maximum atomic E-state index is 11.2. The van der Waals surface area contributed by atoms with Crippen LogP contribution in [0.5, 0.6) is 0 Å². The van der Waals surface area contributed by atoms with Gasteiger partial charge in [0.05, 0.1) is 6.10 Å². The van der Waals surface area contributed by atoms with Crippen LogP contribution in [-0.2, 0) is 14.2 Å². The SMILES string of the molecule is CCCCCC[C@H](C/C=C\CCCCCCCC(CCCCCCCC(CC)CCCN(C)C)OC(=O)O)OC1CCCO1. The third kappa shape index (κ3) is 25.1. The van der Waals surface area contributed by atoms with Gasteiger partial charge in [-0.05, 0) is 97.2 Å². The van der Waals surface area contributed by atoms with Crippen LogP contribution >= 0.6 is 0 Å². The molecule has 1 rings (SSSR count). The van der Waals surface area contributed by atoms with Crippen molar-refractivity contribution in [2.75, 3.05) is 27.2 Å². The van der Waals surface area contributed by atoms with Crippen molar-refractivity contribution in [2.24, 2.45) is 5.92 Å². The molecule has 0 spiro atoms. The molecule has 1 N–H and O–H groups in total. The number of hydrogen-bond acceptors (Lipinski definition) is 5. The van der Waals surface area contributed by atoms with Gasteiger partial charge in [-0.25, -0.2) is 4.79 Å². The Labute approximate surface area is 273 Å². The first-order valence-corrected chi connectivity index (χ1v) is 18.9. The summed E-state index contributed by atoms with van der Waals surface area (Å²) in [5, 5.41) is 9.19. The Hall–Kier alpha value is -1.11. The molecule has 3 unspecified atom stereocenters. The molecule has 1 aliphatic heterocycles. The van der Waals surface area contributed by atoms with Crippen molar-refractivity contribution in [3.63, 3.8) is 0 Å². The van der Waals surface area contributed by atoms with E-state index in [0.29, 0.717) is 0 Å². The fourth-order valence-corrected chi connectivity index (χ4v) is 6.43. The number of unbranched alkanes of at least 4 members (excludes halogenated alkanes) is 12. The van der Waals surface area contributed by atoms with Crippen LogP contribution in [0, 0.1) is 5.92 Å². The average molecular weight is 624 g/mol. The molecule has 0 aliphatic carbocycles. The van der Waals surface area contributed by atoms with E-state index in [1.807, 2.05) is 0 Å². The minimum absolute atomic E-state index is 0.0109. The molecular weight excluding hydrogens is 550 g/mol. The number of rotatable bonds is 31. The average Bonchev–Trinajstić information content (AvgIpc) is 3.51. The quantitative estimate of drug-likeness (QED) is 0.0471. The van der Waals surface area contributed by atoms with Gasteiger partial charge < -0.3 is 24.2 Å². The minimum atomic E-state index is -1.12. The first-order valence-electron chi connectivity index (χ1n) is 18.9. The molecule has 0 aromatic rings. The summed E-state index contributed by atoms with van der Waals surface area (Å²) in [5.74, 6) is 0.874. The van der Waals surface area contributed by atoms with Crippen molar-refractivity contribution >= 4 is 6.16 Å². The van der Waals surface area contributed by atoms with E-state index < -0.39 is 6.16 Å². The van der Waals surface area contributed by atoms with Crippen LogP contribution < -0.4 is 0 Å². The van der Waals surface area contributed by atoms with Crippen molar-refractivity contribution in [3.05, 3.63) is 12.2 Å². The highest BCUT2D eigenvalue weighted by Crippen LogP contribution is 2.22. The zero-order valence-corrected chi connectivity index (χ0v) is 29.6. The number of hydrogen-bond donors (Lipinski definition) is 1. The molecule has 0 amide bonds. The molecule has 1 aliphatic rings. The molecule has 44 heavy (non-hydrogen) atoms. The van der Waals surface area contributed by atoms with Crippen molar-refractivity contribution in [1.29, 1.82) is 0 Å². The van der Waals surface area contributed by atoms with Crippen molar-refractivity contribution < 1.29 is 24.1 Å². The van der Waals surface area contributed by atoms with E-state index in [0.717, 1.165) is 76.7 Å². The second-order valence-electron chi connectivity index (χ2n) is 13.7. The summed E-state index contributed by atoms with van der Waals surface area (Å²) in [7, 11) is 4.31. The lowest BCUT2D eigenvalue weighted by Gasteiger charge is -2.20. The van der Waals surface area contributed by atoms with Gasteiger partial charge in [0.2, 0.25) is 0 Å². The topological polar surface area (TPSA) is 68.2 Å². The summed E-state index contributed by atoms with van der Waals surface area (Å²) < 4.78 is 17.2. The third-order valence-corrected chi connectivity index (χ3v) is 9.28. The Morgan fingerprint density at radius 1 is 0.795 bits per heavy atom. The third-order valence-electron chi connectivity index (χ3n) is 9.28. The Morgan fingerprint density at radius 3 is 1.98 bits per heavy atom. The molecule has 4 atom stereocenters. The zero-order chi connectivity index (χ0) is 32.1. The Bertz CT molecular complexity index is 664. The van der Waals surface area contributed by atoms with Gasteiger partial charge in [0.1, 0.15) is 6.10 Å². The molecule has 0 aromatic heterocycles. The molecule has 0 saturated carbocycles. The molecule has 6 nitrogen and oxygen atoms in total. The largest absolute Gasteiger partial charge is 0.506 e. The van der Waals surface area contributed by atoms with E-state index in [4.69, 9.17) is 14.2 Å². The van der Waals surface area contributed by atoms with Gasteiger partial charge in [-0.3, -0.25) is 0 Å². The molecule has 1 heterocycles. The van der Waals surface area contributed by atoms with Gasteiger partial charge in [0, 0.05) is 13.0 Å². The van der Waals surface area contributed by atoms with Crippen LogP contribution in [0.15, 0.2) is 12.2 Å². The van der Waals surface area contributed by atoms with Gasteiger partial charge in [-0.15, -0.1) is 0 Å². The standard InChI is InChI=1S/C38H73NO5/c1-5-7-8-19-27-35(43-37-31-24-33-42-37)28-20-15-11-9-10-12-16-21-29-36(44-38(40)41)30-22-17-13-14-18-25-34(6-2)26-23-32-39(3)4/h15,20,34-37H,5-14,16-19,21-33H2,1-4H3,(H,40,41)/b20-15-/t34?,35-,36?,37?/m1/s1. The Morgan fingerprint density at radius 2 is 1.39 bits per heavy atom. The molecular formula is C38H73NO5. The second-order valence-corrected chi connectivity index (χ2v) is 13.7. The van der Waals surface area contributed by atoms with Gasteiger partial charge in [-0.1, -0.05) is 109 Å². The number of carboxylic acid groups (broad SMARTS) is 1. The van der Waals surface area contributed by atoms with E-state index in [-0.39, 0.29) is 18.5 Å². The highest BCUT2D eigenvalue weighted by Gasteiger charge is 2.20. The normalized spacial score (nSPS) is 17.4. The van der Waals surface area contributed by atoms with Crippen LogP contribution in [0.1, 0.15) is 174 Å². The van der Waals surface area contributed by atoms with Gasteiger partial charge in [-0.2, -0.15) is 0 Å². The predicted molar refractivity (Wildman–Crippen MR) is 185 cm³/mol. The monoisotopic (exact) mass is 624 g/mol. The van der Waals surface area contributed by atoms with Gasteiger partial charge >= 0.3 is 6.16 Å². The molecule has 0 bridgehead atoms. The Kier molecular flexibility index (Phi) is 27.2. The maximum Gasteiger partial charge on any atom is 0.506 e. The summed E-state index contributed by atoms with van der Waals surface area (Å²) in [6.45, 7) is 6.63. The zero-order valence-electron chi connectivity index (χ0n) is 29.6. The number of ether oxygens (including phenoxy) is 3. The lowest BCUT2D eigenvalue weighted by atomic mass is 9.93. The summed E-state index contributed by atoms with van der Waals surface area (Å²) in [5.41, 5.74) is 0. The van der Waals surface area contributed by atoms with E-state index in [1.54, 1.807) is 0 Å². The highest BCUT2D eigenvalue weighted by molar-refractivity contribution is 5.57. The molecule has 6 heteroatoms. The van der Waals surface area contributed by atoms with Crippen molar-refractivity contribution in [2.45, 2.75) is 193 Å². The maximum absolute atomic E-state index is 11.2. The smallest absolute Gasteiger partial charge is 0.450 e. The fourth-order valence-electron chi connectivity index (χ4n) is 6.43. The van der Waals surface area contributed by atoms with E-state index in [1.165, 1.54) is 103 Å².